The molecule has 1 aliphatic heterocycles. The van der Waals surface area contributed by atoms with Crippen LogP contribution in [0.3, 0.4) is 0 Å². The van der Waals surface area contributed by atoms with E-state index in [1.807, 2.05) is 12.1 Å². The van der Waals surface area contributed by atoms with E-state index in [-0.39, 0.29) is 6.04 Å². The van der Waals surface area contributed by atoms with Gasteiger partial charge in [-0.15, -0.1) is 0 Å². The predicted molar refractivity (Wildman–Crippen MR) is 78.8 cm³/mol. The van der Waals surface area contributed by atoms with Crippen LogP contribution in [-0.4, -0.2) is 25.0 Å². The lowest BCUT2D eigenvalue weighted by Gasteiger charge is -2.43. The lowest BCUT2D eigenvalue weighted by molar-refractivity contribution is -0.109. The summed E-state index contributed by atoms with van der Waals surface area (Å²) in [4.78, 5) is 13.7. The van der Waals surface area contributed by atoms with Crippen LogP contribution in [0.15, 0.2) is 22.7 Å². The van der Waals surface area contributed by atoms with Gasteiger partial charge in [-0.25, -0.2) is 0 Å². The normalized spacial score (nSPS) is 23.6. The minimum absolute atomic E-state index is 0.148. The molecule has 3 rings (SSSR count). The molecule has 3 nitrogen and oxygen atoms in total. The summed E-state index contributed by atoms with van der Waals surface area (Å²) in [6, 6.07) is 6.36. The molecule has 19 heavy (non-hydrogen) atoms. The summed E-state index contributed by atoms with van der Waals surface area (Å²) in [5.74, 6) is 0.895. The molecule has 1 fully saturated rings. The summed E-state index contributed by atoms with van der Waals surface area (Å²) in [5.41, 5.74) is 1.06. The third kappa shape index (κ3) is 2.50. The highest BCUT2D eigenvalue weighted by Crippen LogP contribution is 2.39. The van der Waals surface area contributed by atoms with Crippen molar-refractivity contribution in [2.75, 3.05) is 11.5 Å². The van der Waals surface area contributed by atoms with Crippen LogP contribution in [-0.2, 0) is 4.79 Å². The summed E-state index contributed by atoms with van der Waals surface area (Å²) in [6.07, 6.45) is 7.22. The number of fused-ring (bicyclic) bond motifs is 1. The molecule has 1 aliphatic carbocycles. The molecule has 4 heteroatoms. The van der Waals surface area contributed by atoms with Gasteiger partial charge in [0.15, 0.2) is 0 Å². The molecule has 0 spiro atoms. The van der Waals surface area contributed by atoms with Gasteiger partial charge in [-0.1, -0.05) is 35.2 Å². The van der Waals surface area contributed by atoms with Gasteiger partial charge in [0, 0.05) is 10.5 Å². The standard InChI is InChI=1S/C15H18BrNO2/c16-11-6-7-15-14(8-11)17(13(9-18)10-19-15)12-4-2-1-3-5-12/h6-9,12-13H,1-5,10H2. The third-order valence-electron chi connectivity index (χ3n) is 4.09. The van der Waals surface area contributed by atoms with Crippen LogP contribution in [0.4, 0.5) is 5.69 Å². The number of carbonyl (C=O) groups is 1. The van der Waals surface area contributed by atoms with Crippen LogP contribution in [0.25, 0.3) is 0 Å². The molecule has 1 atom stereocenters. The van der Waals surface area contributed by atoms with Crippen LogP contribution < -0.4 is 9.64 Å². The molecule has 1 aromatic carbocycles. The first kappa shape index (κ1) is 13.0. The zero-order chi connectivity index (χ0) is 13.2. The van der Waals surface area contributed by atoms with Crippen molar-refractivity contribution in [2.24, 2.45) is 0 Å². The van der Waals surface area contributed by atoms with Crippen LogP contribution in [0.1, 0.15) is 32.1 Å². The number of ether oxygens (including phenoxy) is 1. The molecule has 0 amide bonds. The van der Waals surface area contributed by atoms with E-state index in [1.54, 1.807) is 0 Å². The van der Waals surface area contributed by atoms with Crippen LogP contribution in [0.5, 0.6) is 5.75 Å². The zero-order valence-corrected chi connectivity index (χ0v) is 12.4. The maximum atomic E-state index is 11.4. The van der Waals surface area contributed by atoms with Crippen molar-refractivity contribution in [3.63, 3.8) is 0 Å². The van der Waals surface area contributed by atoms with Gasteiger partial charge >= 0.3 is 0 Å². The van der Waals surface area contributed by atoms with Gasteiger partial charge in [0.1, 0.15) is 24.7 Å². The van der Waals surface area contributed by atoms with E-state index >= 15 is 0 Å². The third-order valence-corrected chi connectivity index (χ3v) is 4.58. The highest BCUT2D eigenvalue weighted by molar-refractivity contribution is 9.10. The minimum atomic E-state index is -0.148. The summed E-state index contributed by atoms with van der Waals surface area (Å²) < 4.78 is 6.74. The van der Waals surface area contributed by atoms with Gasteiger partial charge in [0.05, 0.1) is 5.69 Å². The summed E-state index contributed by atoms with van der Waals surface area (Å²) >= 11 is 3.51. The number of benzene rings is 1. The molecular formula is C15H18BrNO2. The highest BCUT2D eigenvalue weighted by Gasteiger charge is 2.33. The van der Waals surface area contributed by atoms with E-state index in [4.69, 9.17) is 4.74 Å². The van der Waals surface area contributed by atoms with E-state index in [1.165, 1.54) is 32.1 Å². The number of rotatable bonds is 2. The molecule has 0 bridgehead atoms. The van der Waals surface area contributed by atoms with E-state index in [0.717, 1.165) is 22.2 Å². The molecule has 1 unspecified atom stereocenters. The molecule has 2 aliphatic rings. The van der Waals surface area contributed by atoms with E-state index < -0.39 is 0 Å². The van der Waals surface area contributed by atoms with E-state index in [2.05, 4.69) is 26.9 Å². The SMILES string of the molecule is O=CC1COc2ccc(Br)cc2N1C1CCCCC1. The molecule has 0 saturated heterocycles. The van der Waals surface area contributed by atoms with Gasteiger partial charge in [0.25, 0.3) is 0 Å². The average Bonchev–Trinajstić information content (AvgIpc) is 2.46. The van der Waals surface area contributed by atoms with Crippen molar-refractivity contribution < 1.29 is 9.53 Å². The van der Waals surface area contributed by atoms with Crippen molar-refractivity contribution in [3.05, 3.63) is 22.7 Å². The topological polar surface area (TPSA) is 29.5 Å². The average molecular weight is 324 g/mol. The number of halogens is 1. The van der Waals surface area contributed by atoms with Crippen molar-refractivity contribution in [3.8, 4) is 5.75 Å². The smallest absolute Gasteiger partial charge is 0.145 e. The summed E-state index contributed by atoms with van der Waals surface area (Å²) in [5, 5.41) is 0. The monoisotopic (exact) mass is 323 g/mol. The Balaban J connectivity index is 1.98. The maximum absolute atomic E-state index is 11.4. The number of nitrogens with zero attached hydrogens (tertiary/aromatic N) is 1. The van der Waals surface area contributed by atoms with Gasteiger partial charge in [-0.05, 0) is 31.0 Å². The predicted octanol–water partition coefficient (Wildman–Crippen LogP) is 3.55. The number of carbonyl (C=O) groups excluding carboxylic acids is 1. The van der Waals surface area contributed by atoms with E-state index in [9.17, 15) is 4.79 Å². The molecule has 0 aromatic heterocycles. The summed E-state index contributed by atoms with van der Waals surface area (Å²) in [6.45, 7) is 0.467. The van der Waals surface area contributed by atoms with E-state index in [0.29, 0.717) is 12.6 Å². The zero-order valence-electron chi connectivity index (χ0n) is 10.8. The van der Waals surface area contributed by atoms with Gasteiger partial charge in [-0.2, -0.15) is 0 Å². The maximum Gasteiger partial charge on any atom is 0.145 e. The number of anilines is 1. The first-order valence-electron chi connectivity index (χ1n) is 6.95. The van der Waals surface area contributed by atoms with Crippen molar-refractivity contribution in [1.29, 1.82) is 0 Å². The van der Waals surface area contributed by atoms with Crippen LogP contribution >= 0.6 is 15.9 Å². The number of hydrogen-bond donors (Lipinski definition) is 0. The Morgan fingerprint density at radius 3 is 2.79 bits per heavy atom. The fourth-order valence-corrected chi connectivity index (χ4v) is 3.53. The quantitative estimate of drug-likeness (QED) is 0.779. The number of hydrogen-bond acceptors (Lipinski definition) is 3. The van der Waals surface area contributed by atoms with Gasteiger partial charge in [0.2, 0.25) is 0 Å². The van der Waals surface area contributed by atoms with Gasteiger partial charge in [-0.3, -0.25) is 0 Å². The Hall–Kier alpha value is -1.03. The second kappa shape index (κ2) is 5.53. The Bertz CT molecular complexity index is 471. The first-order chi connectivity index (χ1) is 9.29. The van der Waals surface area contributed by atoms with Crippen molar-refractivity contribution in [1.82, 2.24) is 0 Å². The minimum Gasteiger partial charge on any atom is -0.489 e. The Morgan fingerprint density at radius 1 is 1.26 bits per heavy atom. The van der Waals surface area contributed by atoms with Crippen molar-refractivity contribution >= 4 is 27.9 Å². The lowest BCUT2D eigenvalue weighted by atomic mass is 9.92. The molecule has 102 valence electrons. The molecule has 1 heterocycles. The van der Waals surface area contributed by atoms with Gasteiger partial charge < -0.3 is 14.4 Å². The molecule has 1 saturated carbocycles. The Kier molecular flexibility index (Phi) is 3.78. The Labute approximate surface area is 122 Å². The molecule has 0 N–H and O–H groups in total. The molecule has 1 aromatic rings. The largest absolute Gasteiger partial charge is 0.489 e. The Morgan fingerprint density at radius 2 is 2.05 bits per heavy atom. The van der Waals surface area contributed by atoms with Crippen LogP contribution in [0.2, 0.25) is 0 Å². The lowest BCUT2D eigenvalue weighted by Crippen LogP contribution is -2.50. The summed E-state index contributed by atoms with van der Waals surface area (Å²) in [7, 11) is 0. The fourth-order valence-electron chi connectivity index (χ4n) is 3.18. The van der Waals surface area contributed by atoms with Crippen molar-refractivity contribution in [2.45, 2.75) is 44.2 Å². The number of aldehydes is 1. The fraction of sp³-hybridized carbons (Fsp3) is 0.533. The first-order valence-corrected chi connectivity index (χ1v) is 7.75. The van der Waals surface area contributed by atoms with Crippen LogP contribution in [0, 0.1) is 0 Å². The second-order valence-corrected chi connectivity index (χ2v) is 6.24. The molecular weight excluding hydrogens is 306 g/mol. The second-order valence-electron chi connectivity index (χ2n) is 5.33. The molecule has 0 radical (unpaired) electrons. The highest BCUT2D eigenvalue weighted by atomic mass is 79.9.